The Labute approximate surface area is 129 Å². The van der Waals surface area contributed by atoms with E-state index in [2.05, 4.69) is 14.6 Å². The van der Waals surface area contributed by atoms with Gasteiger partial charge < -0.3 is 9.88 Å². The first kappa shape index (κ1) is 16.5. The van der Waals surface area contributed by atoms with Crippen molar-refractivity contribution in [1.29, 1.82) is 0 Å². The Hall–Kier alpha value is -0.890. The van der Waals surface area contributed by atoms with E-state index in [0.717, 1.165) is 25.4 Å². The maximum Gasteiger partial charge on any atom is 0.266 e. The van der Waals surface area contributed by atoms with E-state index in [1.807, 2.05) is 0 Å². The molecule has 0 unspecified atom stereocenters. The van der Waals surface area contributed by atoms with Crippen molar-refractivity contribution < 1.29 is 8.42 Å². The standard InChI is InChI=1S/C13H20ClN3O3S/c14-12-9-11(10-15-13(12)18)21(19,20)16-5-8-17-6-3-1-2-4-7-17/h9-10,16H,1-8H2,(H,15,18). The first-order valence-electron chi connectivity index (χ1n) is 7.09. The molecule has 0 aliphatic carbocycles. The molecule has 1 aliphatic heterocycles. The lowest BCUT2D eigenvalue weighted by molar-refractivity contribution is 0.290. The summed E-state index contributed by atoms with van der Waals surface area (Å²) in [5, 5.41) is -0.134. The fourth-order valence-corrected chi connectivity index (χ4v) is 3.62. The van der Waals surface area contributed by atoms with E-state index >= 15 is 0 Å². The third-order valence-electron chi connectivity index (χ3n) is 3.56. The predicted octanol–water partition coefficient (Wildman–Crippen LogP) is 1.18. The van der Waals surface area contributed by atoms with Crippen LogP contribution in [0.1, 0.15) is 25.7 Å². The van der Waals surface area contributed by atoms with Crippen LogP contribution in [0.4, 0.5) is 0 Å². The fourth-order valence-electron chi connectivity index (χ4n) is 2.37. The number of hydrogen-bond donors (Lipinski definition) is 2. The van der Waals surface area contributed by atoms with E-state index in [4.69, 9.17) is 11.6 Å². The third-order valence-corrected chi connectivity index (χ3v) is 5.28. The largest absolute Gasteiger partial charge is 0.326 e. The predicted molar refractivity (Wildman–Crippen MR) is 82.2 cm³/mol. The molecule has 1 fully saturated rings. The molecular formula is C13H20ClN3O3S. The van der Waals surface area contributed by atoms with E-state index in [-0.39, 0.29) is 9.92 Å². The van der Waals surface area contributed by atoms with E-state index in [1.165, 1.54) is 25.7 Å². The molecule has 0 bridgehead atoms. The number of sulfonamides is 1. The number of hydrogen-bond acceptors (Lipinski definition) is 4. The minimum atomic E-state index is -3.64. The van der Waals surface area contributed by atoms with Crippen LogP contribution in [0.15, 0.2) is 22.0 Å². The molecule has 0 saturated carbocycles. The molecule has 1 saturated heterocycles. The van der Waals surface area contributed by atoms with E-state index in [1.54, 1.807) is 0 Å². The lowest BCUT2D eigenvalue weighted by Crippen LogP contribution is -2.35. The van der Waals surface area contributed by atoms with Gasteiger partial charge in [0.15, 0.2) is 0 Å². The quantitative estimate of drug-likeness (QED) is 0.847. The van der Waals surface area contributed by atoms with Crippen LogP contribution in [0.5, 0.6) is 0 Å². The second-order valence-corrected chi connectivity index (χ2v) is 7.34. The minimum Gasteiger partial charge on any atom is -0.326 e. The number of rotatable bonds is 5. The number of H-pyrrole nitrogens is 1. The van der Waals surface area contributed by atoms with Gasteiger partial charge in [0.2, 0.25) is 10.0 Å². The summed E-state index contributed by atoms with van der Waals surface area (Å²) >= 11 is 5.65. The molecule has 1 aromatic rings. The fraction of sp³-hybridized carbons (Fsp3) is 0.615. The van der Waals surface area contributed by atoms with Gasteiger partial charge in [0, 0.05) is 19.3 Å². The van der Waals surface area contributed by atoms with Crippen LogP contribution in [-0.4, -0.2) is 44.5 Å². The topological polar surface area (TPSA) is 82.3 Å². The van der Waals surface area contributed by atoms with Gasteiger partial charge in [0.05, 0.1) is 4.90 Å². The Morgan fingerprint density at radius 2 is 1.90 bits per heavy atom. The maximum atomic E-state index is 12.1. The van der Waals surface area contributed by atoms with Crippen LogP contribution in [0.2, 0.25) is 5.02 Å². The van der Waals surface area contributed by atoms with Crippen molar-refractivity contribution in [3.05, 3.63) is 27.6 Å². The smallest absolute Gasteiger partial charge is 0.266 e. The summed E-state index contributed by atoms with van der Waals surface area (Å²) in [5.74, 6) is 0. The lowest BCUT2D eigenvalue weighted by Gasteiger charge is -2.19. The van der Waals surface area contributed by atoms with Crippen LogP contribution in [0.3, 0.4) is 0 Å². The summed E-state index contributed by atoms with van der Waals surface area (Å²) in [4.78, 5) is 15.7. The molecule has 0 spiro atoms. The van der Waals surface area contributed by atoms with E-state index < -0.39 is 15.6 Å². The summed E-state index contributed by atoms with van der Waals surface area (Å²) < 4.78 is 26.7. The zero-order valence-electron chi connectivity index (χ0n) is 11.8. The van der Waals surface area contributed by atoms with E-state index in [0.29, 0.717) is 13.1 Å². The molecule has 6 nitrogen and oxygen atoms in total. The average molecular weight is 334 g/mol. The van der Waals surface area contributed by atoms with Crippen molar-refractivity contribution in [3.8, 4) is 0 Å². The number of pyridine rings is 1. The molecule has 2 N–H and O–H groups in total. The van der Waals surface area contributed by atoms with Crippen LogP contribution >= 0.6 is 11.6 Å². The molecule has 0 radical (unpaired) electrons. The lowest BCUT2D eigenvalue weighted by atomic mass is 10.2. The van der Waals surface area contributed by atoms with Gasteiger partial charge in [-0.3, -0.25) is 4.79 Å². The Bertz CT molecular complexity index is 622. The summed E-state index contributed by atoms with van der Waals surface area (Å²) in [7, 11) is -3.64. The molecule has 2 rings (SSSR count). The highest BCUT2D eigenvalue weighted by Crippen LogP contribution is 2.11. The van der Waals surface area contributed by atoms with Crippen molar-refractivity contribution in [3.63, 3.8) is 0 Å². The molecule has 0 atom stereocenters. The van der Waals surface area contributed by atoms with Crippen LogP contribution in [0, 0.1) is 0 Å². The normalized spacial score (nSPS) is 17.6. The highest BCUT2D eigenvalue weighted by molar-refractivity contribution is 7.89. The van der Waals surface area contributed by atoms with Crippen LogP contribution in [-0.2, 0) is 10.0 Å². The summed E-state index contributed by atoms with van der Waals surface area (Å²) in [6.45, 7) is 3.08. The van der Waals surface area contributed by atoms with Crippen molar-refractivity contribution in [2.24, 2.45) is 0 Å². The second-order valence-electron chi connectivity index (χ2n) is 5.17. The molecule has 0 aromatic carbocycles. The molecule has 0 amide bonds. The first-order chi connectivity index (χ1) is 9.99. The van der Waals surface area contributed by atoms with Gasteiger partial charge in [-0.25, -0.2) is 13.1 Å². The van der Waals surface area contributed by atoms with Gasteiger partial charge in [-0.05, 0) is 32.0 Å². The number of likely N-dealkylation sites (tertiary alicyclic amines) is 1. The van der Waals surface area contributed by atoms with Gasteiger partial charge in [-0.2, -0.15) is 0 Å². The molecule has 1 aliphatic rings. The number of aromatic nitrogens is 1. The van der Waals surface area contributed by atoms with Crippen molar-refractivity contribution in [1.82, 2.24) is 14.6 Å². The molecule has 118 valence electrons. The second kappa shape index (κ2) is 7.40. The highest BCUT2D eigenvalue weighted by atomic mass is 35.5. The van der Waals surface area contributed by atoms with Crippen molar-refractivity contribution >= 4 is 21.6 Å². The Morgan fingerprint density at radius 1 is 1.24 bits per heavy atom. The summed E-state index contributed by atoms with van der Waals surface area (Å²) in [6, 6.07) is 1.16. The minimum absolute atomic E-state index is 0.0250. The average Bonchev–Trinajstić information content (AvgIpc) is 2.70. The van der Waals surface area contributed by atoms with E-state index in [9.17, 15) is 13.2 Å². The van der Waals surface area contributed by atoms with Gasteiger partial charge in [-0.1, -0.05) is 24.4 Å². The van der Waals surface area contributed by atoms with Crippen LogP contribution in [0.25, 0.3) is 0 Å². The third kappa shape index (κ3) is 4.81. The molecular weight excluding hydrogens is 314 g/mol. The molecule has 21 heavy (non-hydrogen) atoms. The highest BCUT2D eigenvalue weighted by Gasteiger charge is 2.16. The number of aromatic amines is 1. The Kier molecular flexibility index (Phi) is 5.80. The maximum absolute atomic E-state index is 12.1. The SMILES string of the molecule is O=c1[nH]cc(S(=O)(=O)NCCN2CCCCCC2)cc1Cl. The van der Waals surface area contributed by atoms with Gasteiger partial charge in [0.1, 0.15) is 5.02 Å². The zero-order chi connectivity index (χ0) is 15.3. The van der Waals surface area contributed by atoms with Gasteiger partial charge >= 0.3 is 0 Å². The number of nitrogens with zero attached hydrogens (tertiary/aromatic N) is 1. The number of nitrogens with one attached hydrogen (secondary N) is 2. The van der Waals surface area contributed by atoms with Gasteiger partial charge in [-0.15, -0.1) is 0 Å². The molecule has 8 heteroatoms. The van der Waals surface area contributed by atoms with Crippen LogP contribution < -0.4 is 10.3 Å². The van der Waals surface area contributed by atoms with Gasteiger partial charge in [0.25, 0.3) is 5.56 Å². The molecule has 1 aromatic heterocycles. The monoisotopic (exact) mass is 333 g/mol. The molecule has 2 heterocycles. The Morgan fingerprint density at radius 3 is 2.52 bits per heavy atom. The van der Waals surface area contributed by atoms with Crippen molar-refractivity contribution in [2.45, 2.75) is 30.6 Å². The number of halogens is 1. The summed E-state index contributed by atoms with van der Waals surface area (Å²) in [6.07, 6.45) is 5.99. The first-order valence-corrected chi connectivity index (χ1v) is 8.95. The zero-order valence-corrected chi connectivity index (χ0v) is 13.3. The summed E-state index contributed by atoms with van der Waals surface area (Å²) in [5.41, 5.74) is -0.500. The Balaban J connectivity index is 1.91. The van der Waals surface area contributed by atoms with Crippen molar-refractivity contribution in [2.75, 3.05) is 26.2 Å².